The van der Waals surface area contributed by atoms with Crippen molar-refractivity contribution in [2.24, 2.45) is 0 Å². The van der Waals surface area contributed by atoms with Crippen LogP contribution in [0, 0.1) is 5.82 Å². The predicted molar refractivity (Wildman–Crippen MR) is 69.0 cm³/mol. The Morgan fingerprint density at radius 2 is 2.21 bits per heavy atom. The van der Waals surface area contributed by atoms with Gasteiger partial charge in [-0.2, -0.15) is 0 Å². The number of carbonyl (C=O) groups is 1. The first-order chi connectivity index (χ1) is 9.16. The summed E-state index contributed by atoms with van der Waals surface area (Å²) in [6.45, 7) is 0.249. The Bertz CT molecular complexity index is 557. The minimum Gasteiger partial charge on any atom is -0.350 e. The van der Waals surface area contributed by atoms with Crippen molar-refractivity contribution >= 4 is 17.5 Å². The maximum Gasteiger partial charge on any atom is 0.224 e. The number of hydrogen-bond acceptors (Lipinski definition) is 3. The molecule has 0 spiro atoms. The maximum absolute atomic E-state index is 13.5. The number of carbonyl (C=O) groups excluding carboxylic acids is 1. The third kappa shape index (κ3) is 3.72. The number of halogens is 2. The van der Waals surface area contributed by atoms with Gasteiger partial charge in [0.15, 0.2) is 0 Å². The lowest BCUT2D eigenvalue weighted by Gasteiger charge is -2.07. The first kappa shape index (κ1) is 13.4. The van der Waals surface area contributed by atoms with Crippen molar-refractivity contribution in [3.05, 3.63) is 58.9 Å². The molecule has 0 bridgehead atoms. The summed E-state index contributed by atoms with van der Waals surface area (Å²) in [7, 11) is 0. The van der Waals surface area contributed by atoms with E-state index in [0.717, 1.165) is 0 Å². The van der Waals surface area contributed by atoms with Gasteiger partial charge in [-0.3, -0.25) is 14.8 Å². The van der Waals surface area contributed by atoms with E-state index < -0.39 is 5.82 Å². The van der Waals surface area contributed by atoms with Gasteiger partial charge in [0.2, 0.25) is 5.91 Å². The topological polar surface area (TPSA) is 54.9 Å². The zero-order valence-electron chi connectivity index (χ0n) is 9.94. The minimum atomic E-state index is -0.484. The van der Waals surface area contributed by atoms with E-state index in [1.165, 1.54) is 18.3 Å². The van der Waals surface area contributed by atoms with Crippen LogP contribution in [0.3, 0.4) is 0 Å². The zero-order valence-corrected chi connectivity index (χ0v) is 10.7. The van der Waals surface area contributed by atoms with Gasteiger partial charge in [-0.1, -0.05) is 17.7 Å². The van der Waals surface area contributed by atoms with Crippen LogP contribution < -0.4 is 5.32 Å². The van der Waals surface area contributed by atoms with E-state index >= 15 is 0 Å². The molecule has 0 saturated heterocycles. The Hall–Kier alpha value is -2.01. The van der Waals surface area contributed by atoms with E-state index in [1.807, 2.05) is 0 Å². The van der Waals surface area contributed by atoms with Gasteiger partial charge in [0.1, 0.15) is 5.82 Å². The zero-order chi connectivity index (χ0) is 13.7. The highest BCUT2D eigenvalue weighted by Crippen LogP contribution is 2.19. The quantitative estimate of drug-likeness (QED) is 0.933. The largest absolute Gasteiger partial charge is 0.350 e. The second-order valence-electron chi connectivity index (χ2n) is 3.85. The Kier molecular flexibility index (Phi) is 4.41. The molecule has 0 atom stereocenters. The van der Waals surface area contributed by atoms with Crippen molar-refractivity contribution in [2.75, 3.05) is 0 Å². The summed E-state index contributed by atoms with van der Waals surface area (Å²) in [5.74, 6) is -0.806. The molecule has 0 saturated carbocycles. The van der Waals surface area contributed by atoms with Crippen molar-refractivity contribution in [1.82, 2.24) is 15.3 Å². The molecule has 19 heavy (non-hydrogen) atoms. The van der Waals surface area contributed by atoms with Crippen molar-refractivity contribution in [2.45, 2.75) is 13.0 Å². The molecular formula is C13H11ClFN3O. The number of aromatic nitrogens is 2. The summed E-state index contributed by atoms with van der Waals surface area (Å²) in [6.07, 6.45) is 4.53. The van der Waals surface area contributed by atoms with E-state index in [4.69, 9.17) is 11.6 Å². The molecule has 0 fully saturated rings. The van der Waals surface area contributed by atoms with E-state index in [9.17, 15) is 9.18 Å². The molecule has 0 radical (unpaired) electrons. The van der Waals surface area contributed by atoms with Crippen LogP contribution >= 0.6 is 11.6 Å². The fourth-order valence-corrected chi connectivity index (χ4v) is 1.76. The Labute approximate surface area is 114 Å². The summed E-state index contributed by atoms with van der Waals surface area (Å²) in [5, 5.41) is 2.88. The first-order valence-electron chi connectivity index (χ1n) is 5.61. The van der Waals surface area contributed by atoms with Crippen LogP contribution in [0.25, 0.3) is 0 Å². The standard InChI is InChI=1S/C13H11ClFN3O/c14-11-2-1-3-12(15)10(11)6-13(19)18-8-9-7-16-4-5-17-9/h1-5,7H,6,8H2,(H,18,19). The number of rotatable bonds is 4. The molecule has 1 aromatic heterocycles. The molecule has 0 unspecified atom stereocenters. The molecule has 1 N–H and O–H groups in total. The Balaban J connectivity index is 1.95. The lowest BCUT2D eigenvalue weighted by Crippen LogP contribution is -2.25. The highest BCUT2D eigenvalue weighted by atomic mass is 35.5. The number of nitrogens with one attached hydrogen (secondary N) is 1. The highest BCUT2D eigenvalue weighted by Gasteiger charge is 2.11. The number of benzene rings is 1. The highest BCUT2D eigenvalue weighted by molar-refractivity contribution is 6.31. The third-order valence-corrected chi connectivity index (χ3v) is 2.84. The summed E-state index contributed by atoms with van der Waals surface area (Å²) in [5.41, 5.74) is 0.830. The van der Waals surface area contributed by atoms with Gasteiger partial charge in [-0.05, 0) is 12.1 Å². The molecule has 98 valence electrons. The van der Waals surface area contributed by atoms with Gasteiger partial charge in [0, 0.05) is 23.0 Å². The molecule has 1 amide bonds. The van der Waals surface area contributed by atoms with E-state index in [2.05, 4.69) is 15.3 Å². The van der Waals surface area contributed by atoms with Gasteiger partial charge in [0.05, 0.1) is 24.9 Å². The molecule has 2 aromatic rings. The molecule has 2 rings (SSSR count). The second-order valence-corrected chi connectivity index (χ2v) is 4.26. The fourth-order valence-electron chi connectivity index (χ4n) is 1.53. The lowest BCUT2D eigenvalue weighted by atomic mass is 10.1. The van der Waals surface area contributed by atoms with Crippen LogP contribution in [0.4, 0.5) is 4.39 Å². The van der Waals surface area contributed by atoms with Crippen LogP contribution in [0.15, 0.2) is 36.8 Å². The van der Waals surface area contributed by atoms with Gasteiger partial charge < -0.3 is 5.32 Å². The second kappa shape index (κ2) is 6.24. The first-order valence-corrected chi connectivity index (χ1v) is 5.99. The molecule has 0 aliphatic rings. The van der Waals surface area contributed by atoms with Crippen molar-refractivity contribution in [3.63, 3.8) is 0 Å². The normalized spacial score (nSPS) is 10.2. The lowest BCUT2D eigenvalue weighted by molar-refractivity contribution is -0.120. The van der Waals surface area contributed by atoms with Crippen molar-refractivity contribution in [1.29, 1.82) is 0 Å². The van der Waals surface area contributed by atoms with Gasteiger partial charge in [0.25, 0.3) is 0 Å². The molecule has 6 heteroatoms. The summed E-state index contributed by atoms with van der Waals surface area (Å²) in [6, 6.07) is 4.33. The molecular weight excluding hydrogens is 269 g/mol. The van der Waals surface area contributed by atoms with Crippen molar-refractivity contribution in [3.8, 4) is 0 Å². The van der Waals surface area contributed by atoms with Gasteiger partial charge in [-0.15, -0.1) is 0 Å². The third-order valence-electron chi connectivity index (χ3n) is 2.48. The molecule has 0 aliphatic heterocycles. The average Bonchev–Trinajstić information content (AvgIpc) is 2.42. The van der Waals surface area contributed by atoms with E-state index in [-0.39, 0.29) is 29.5 Å². The molecule has 1 aromatic carbocycles. The van der Waals surface area contributed by atoms with Crippen LogP contribution in [0.5, 0.6) is 0 Å². The minimum absolute atomic E-state index is 0.105. The van der Waals surface area contributed by atoms with Crippen LogP contribution in [0.1, 0.15) is 11.3 Å². The SMILES string of the molecule is O=C(Cc1c(F)cccc1Cl)NCc1cnccn1. The van der Waals surface area contributed by atoms with E-state index in [0.29, 0.717) is 5.69 Å². The predicted octanol–water partition coefficient (Wildman–Crippen LogP) is 2.13. The Morgan fingerprint density at radius 1 is 1.37 bits per heavy atom. The molecule has 0 aliphatic carbocycles. The monoisotopic (exact) mass is 279 g/mol. The van der Waals surface area contributed by atoms with Gasteiger partial charge in [-0.25, -0.2) is 4.39 Å². The number of nitrogens with zero attached hydrogens (tertiary/aromatic N) is 2. The molecule has 4 nitrogen and oxygen atoms in total. The maximum atomic E-state index is 13.5. The molecule has 1 heterocycles. The van der Waals surface area contributed by atoms with Crippen LogP contribution in [-0.2, 0) is 17.8 Å². The number of hydrogen-bond donors (Lipinski definition) is 1. The van der Waals surface area contributed by atoms with Crippen molar-refractivity contribution < 1.29 is 9.18 Å². The van der Waals surface area contributed by atoms with Crippen LogP contribution in [0.2, 0.25) is 5.02 Å². The van der Waals surface area contributed by atoms with E-state index in [1.54, 1.807) is 18.5 Å². The van der Waals surface area contributed by atoms with Gasteiger partial charge >= 0.3 is 0 Å². The number of amides is 1. The summed E-state index contributed by atoms with van der Waals surface area (Å²) in [4.78, 5) is 19.6. The summed E-state index contributed by atoms with van der Waals surface area (Å²) >= 11 is 5.85. The fraction of sp³-hybridized carbons (Fsp3) is 0.154. The smallest absolute Gasteiger partial charge is 0.224 e. The van der Waals surface area contributed by atoms with Crippen LogP contribution in [-0.4, -0.2) is 15.9 Å². The average molecular weight is 280 g/mol. The Morgan fingerprint density at radius 3 is 2.89 bits per heavy atom. The summed E-state index contributed by atoms with van der Waals surface area (Å²) < 4.78 is 13.5.